The number of nitrogens with one attached hydrogen (secondary N) is 1. The second kappa shape index (κ2) is 7.99. The van der Waals surface area contributed by atoms with Crippen LogP contribution < -0.4 is 5.32 Å². The van der Waals surface area contributed by atoms with Crippen LogP contribution in [0.4, 0.5) is 0 Å². The molecule has 0 aliphatic heterocycles. The number of rotatable bonds is 5. The fourth-order valence-electron chi connectivity index (χ4n) is 3.67. The molecule has 140 valence electrons. The van der Waals surface area contributed by atoms with Gasteiger partial charge in [0.25, 0.3) is 5.91 Å². The molecular weight excluding hydrogens is 370 g/mol. The van der Waals surface area contributed by atoms with Crippen molar-refractivity contribution in [2.24, 2.45) is 0 Å². The van der Waals surface area contributed by atoms with Crippen molar-refractivity contribution in [1.82, 2.24) is 5.32 Å². The lowest BCUT2D eigenvalue weighted by atomic mass is 9.95. The van der Waals surface area contributed by atoms with E-state index in [0.717, 1.165) is 24.8 Å². The van der Waals surface area contributed by atoms with E-state index in [4.69, 9.17) is 11.6 Å². The summed E-state index contributed by atoms with van der Waals surface area (Å²) in [7, 11) is 0. The molecule has 0 aromatic heterocycles. The molecule has 0 atom stereocenters. The monoisotopic (exact) mass is 389 g/mol. The predicted octanol–water partition coefficient (Wildman–Crippen LogP) is 4.99. The van der Waals surface area contributed by atoms with Crippen LogP contribution in [-0.2, 0) is 19.4 Å². The molecule has 1 amide bonds. The number of ketones is 1. The summed E-state index contributed by atoms with van der Waals surface area (Å²) in [5.41, 5.74) is 4.91. The van der Waals surface area contributed by atoms with Crippen molar-refractivity contribution in [3.63, 3.8) is 0 Å². The molecule has 3 aromatic carbocycles. The van der Waals surface area contributed by atoms with E-state index >= 15 is 0 Å². The van der Waals surface area contributed by atoms with Crippen molar-refractivity contribution in [3.8, 4) is 0 Å². The van der Waals surface area contributed by atoms with E-state index in [9.17, 15) is 9.59 Å². The van der Waals surface area contributed by atoms with Crippen molar-refractivity contribution in [3.05, 3.63) is 105 Å². The van der Waals surface area contributed by atoms with Gasteiger partial charge in [0.05, 0.1) is 5.56 Å². The summed E-state index contributed by atoms with van der Waals surface area (Å²) in [5.74, 6) is -0.395. The van der Waals surface area contributed by atoms with Gasteiger partial charge in [-0.3, -0.25) is 9.59 Å². The molecule has 0 saturated carbocycles. The van der Waals surface area contributed by atoms with Crippen LogP contribution in [0.1, 0.15) is 49.4 Å². The zero-order chi connectivity index (χ0) is 19.5. The van der Waals surface area contributed by atoms with E-state index in [1.54, 1.807) is 30.3 Å². The number of fused-ring (bicyclic) bond motifs is 1. The zero-order valence-electron chi connectivity index (χ0n) is 15.4. The summed E-state index contributed by atoms with van der Waals surface area (Å²) in [5, 5.41) is 3.51. The van der Waals surface area contributed by atoms with E-state index in [1.165, 1.54) is 11.1 Å². The van der Waals surface area contributed by atoms with Crippen LogP contribution in [0.5, 0.6) is 0 Å². The summed E-state index contributed by atoms with van der Waals surface area (Å²) in [4.78, 5) is 25.8. The van der Waals surface area contributed by atoms with Gasteiger partial charge >= 0.3 is 0 Å². The summed E-state index contributed by atoms with van der Waals surface area (Å²) in [6, 6.07) is 20.2. The molecule has 0 saturated heterocycles. The Kier molecular flexibility index (Phi) is 5.27. The van der Waals surface area contributed by atoms with Gasteiger partial charge in [-0.15, -0.1) is 0 Å². The van der Waals surface area contributed by atoms with Crippen molar-refractivity contribution < 1.29 is 9.59 Å². The van der Waals surface area contributed by atoms with Gasteiger partial charge in [0.2, 0.25) is 0 Å². The topological polar surface area (TPSA) is 46.2 Å². The molecular formula is C24H20ClNO2. The fourth-order valence-corrected chi connectivity index (χ4v) is 3.89. The maximum Gasteiger partial charge on any atom is 0.252 e. The SMILES string of the molecule is O=C(NCc1cccc(Cl)c1)c1ccccc1C(=O)c1ccc2c(c1)CCC2. The van der Waals surface area contributed by atoms with Crippen LogP contribution in [0.2, 0.25) is 5.02 Å². The zero-order valence-corrected chi connectivity index (χ0v) is 16.1. The normalized spacial score (nSPS) is 12.5. The first kappa shape index (κ1) is 18.5. The lowest BCUT2D eigenvalue weighted by Crippen LogP contribution is -2.25. The van der Waals surface area contributed by atoms with Crippen LogP contribution in [0.15, 0.2) is 66.7 Å². The minimum absolute atomic E-state index is 0.122. The van der Waals surface area contributed by atoms with Gasteiger partial charge in [0.1, 0.15) is 0 Å². The van der Waals surface area contributed by atoms with Gasteiger partial charge in [-0.05, 0) is 60.2 Å². The fraction of sp³-hybridized carbons (Fsp3) is 0.167. The molecule has 0 radical (unpaired) electrons. The molecule has 0 spiro atoms. The second-order valence-corrected chi connectivity index (χ2v) is 7.46. The van der Waals surface area contributed by atoms with Crippen molar-refractivity contribution in [1.29, 1.82) is 0 Å². The van der Waals surface area contributed by atoms with Gasteiger partial charge in [-0.2, -0.15) is 0 Å². The average molecular weight is 390 g/mol. The average Bonchev–Trinajstić information content (AvgIpc) is 3.19. The number of hydrogen-bond donors (Lipinski definition) is 1. The first-order chi connectivity index (χ1) is 13.6. The minimum Gasteiger partial charge on any atom is -0.348 e. The Morgan fingerprint density at radius 1 is 0.857 bits per heavy atom. The summed E-state index contributed by atoms with van der Waals surface area (Å²) in [6.07, 6.45) is 3.22. The van der Waals surface area contributed by atoms with E-state index in [2.05, 4.69) is 5.32 Å². The number of benzene rings is 3. The van der Waals surface area contributed by atoms with Crippen molar-refractivity contribution in [2.45, 2.75) is 25.8 Å². The van der Waals surface area contributed by atoms with Gasteiger partial charge in [0, 0.05) is 22.7 Å². The lowest BCUT2D eigenvalue weighted by molar-refractivity contribution is 0.0939. The molecule has 4 heteroatoms. The molecule has 1 aliphatic rings. The Morgan fingerprint density at radius 3 is 2.46 bits per heavy atom. The Bertz CT molecular complexity index is 1060. The standard InChI is InChI=1S/C24H20ClNO2/c25-20-8-3-5-16(13-20)15-26-24(28)22-10-2-1-9-21(22)23(27)19-12-11-17-6-4-7-18(17)14-19/h1-3,5,8-14H,4,6-7,15H2,(H,26,28). The third-order valence-electron chi connectivity index (χ3n) is 5.12. The predicted molar refractivity (Wildman–Crippen MR) is 111 cm³/mol. The molecule has 1 N–H and O–H groups in total. The van der Waals surface area contributed by atoms with E-state index < -0.39 is 0 Å². The maximum atomic E-state index is 13.1. The molecule has 1 aliphatic carbocycles. The Balaban J connectivity index is 1.56. The van der Waals surface area contributed by atoms with Crippen LogP contribution >= 0.6 is 11.6 Å². The van der Waals surface area contributed by atoms with Crippen LogP contribution in [0.25, 0.3) is 0 Å². The smallest absolute Gasteiger partial charge is 0.252 e. The maximum absolute atomic E-state index is 13.1. The third kappa shape index (κ3) is 3.85. The highest BCUT2D eigenvalue weighted by molar-refractivity contribution is 6.30. The van der Waals surface area contributed by atoms with Gasteiger partial charge in [-0.1, -0.05) is 54.1 Å². The molecule has 0 bridgehead atoms. The van der Waals surface area contributed by atoms with E-state index in [0.29, 0.717) is 28.3 Å². The minimum atomic E-state index is -0.273. The van der Waals surface area contributed by atoms with E-state index in [-0.39, 0.29) is 11.7 Å². The molecule has 0 unspecified atom stereocenters. The van der Waals surface area contributed by atoms with Crippen LogP contribution in [0, 0.1) is 0 Å². The van der Waals surface area contributed by atoms with Crippen molar-refractivity contribution in [2.75, 3.05) is 0 Å². The Morgan fingerprint density at radius 2 is 1.64 bits per heavy atom. The summed E-state index contributed by atoms with van der Waals surface area (Å²) < 4.78 is 0. The van der Waals surface area contributed by atoms with Crippen LogP contribution in [-0.4, -0.2) is 11.7 Å². The van der Waals surface area contributed by atoms with Gasteiger partial charge in [0.15, 0.2) is 5.78 Å². The second-order valence-electron chi connectivity index (χ2n) is 7.02. The Labute approximate surface area is 169 Å². The van der Waals surface area contributed by atoms with E-state index in [1.807, 2.05) is 36.4 Å². The first-order valence-corrected chi connectivity index (χ1v) is 9.78. The number of aryl methyl sites for hydroxylation is 2. The Hall–Kier alpha value is -2.91. The quantitative estimate of drug-likeness (QED) is 0.625. The van der Waals surface area contributed by atoms with Crippen LogP contribution in [0.3, 0.4) is 0 Å². The number of amides is 1. The number of carbonyl (C=O) groups excluding carboxylic acids is 2. The molecule has 0 fully saturated rings. The highest BCUT2D eigenvalue weighted by Gasteiger charge is 2.20. The number of halogens is 1. The molecule has 3 aromatic rings. The molecule has 0 heterocycles. The van der Waals surface area contributed by atoms with Gasteiger partial charge in [-0.25, -0.2) is 0 Å². The highest BCUT2D eigenvalue weighted by atomic mass is 35.5. The number of hydrogen-bond acceptors (Lipinski definition) is 2. The summed E-state index contributed by atoms with van der Waals surface area (Å²) in [6.45, 7) is 0.348. The largest absolute Gasteiger partial charge is 0.348 e. The highest BCUT2D eigenvalue weighted by Crippen LogP contribution is 2.24. The third-order valence-corrected chi connectivity index (χ3v) is 5.35. The van der Waals surface area contributed by atoms with Crippen molar-refractivity contribution >= 4 is 23.3 Å². The number of carbonyl (C=O) groups is 2. The molecule has 4 rings (SSSR count). The molecule has 3 nitrogen and oxygen atoms in total. The first-order valence-electron chi connectivity index (χ1n) is 9.40. The van der Waals surface area contributed by atoms with Gasteiger partial charge < -0.3 is 5.32 Å². The lowest BCUT2D eigenvalue weighted by Gasteiger charge is -2.11. The summed E-state index contributed by atoms with van der Waals surface area (Å²) >= 11 is 5.99. The molecule has 28 heavy (non-hydrogen) atoms.